The highest BCUT2D eigenvalue weighted by molar-refractivity contribution is 5.95. The van der Waals surface area contributed by atoms with Crippen molar-refractivity contribution in [1.29, 1.82) is 0 Å². The number of carbonyl (C=O) groups excluding carboxylic acids is 1. The summed E-state index contributed by atoms with van der Waals surface area (Å²) in [5.74, 6) is 1.34. The van der Waals surface area contributed by atoms with Crippen LogP contribution in [-0.4, -0.2) is 41.9 Å². The summed E-state index contributed by atoms with van der Waals surface area (Å²) in [6.45, 7) is 1.82. The van der Waals surface area contributed by atoms with Gasteiger partial charge in [-0.15, -0.1) is 0 Å². The van der Waals surface area contributed by atoms with Gasteiger partial charge in [-0.25, -0.2) is 0 Å². The molecule has 1 aliphatic carbocycles. The van der Waals surface area contributed by atoms with Crippen molar-refractivity contribution in [3.05, 3.63) is 41.7 Å². The molecule has 2 aromatic rings. The van der Waals surface area contributed by atoms with Crippen LogP contribution >= 0.6 is 0 Å². The minimum absolute atomic E-state index is 0.0116. The molecule has 0 bridgehead atoms. The fraction of sp³-hybridized carbons (Fsp3) is 0.500. The number of benzene rings is 1. The maximum absolute atomic E-state index is 12.8. The van der Waals surface area contributed by atoms with E-state index in [4.69, 9.17) is 4.74 Å². The second-order valence-corrected chi connectivity index (χ2v) is 7.34. The Hall–Kier alpha value is -2.50. The van der Waals surface area contributed by atoms with Gasteiger partial charge in [0, 0.05) is 50.0 Å². The number of hydrogen-bond donors (Lipinski definition) is 1. The Labute approximate surface area is 154 Å². The third-order valence-corrected chi connectivity index (χ3v) is 5.24. The molecule has 138 valence electrons. The molecule has 1 aromatic carbocycles. The lowest BCUT2D eigenvalue weighted by Crippen LogP contribution is -2.48. The Balaban J connectivity index is 1.44. The van der Waals surface area contributed by atoms with Gasteiger partial charge < -0.3 is 15.0 Å². The van der Waals surface area contributed by atoms with Crippen LogP contribution in [-0.2, 0) is 7.05 Å². The molecule has 1 amide bonds. The molecular formula is C20H26N4O2. The van der Waals surface area contributed by atoms with Gasteiger partial charge in [-0.1, -0.05) is 6.07 Å². The Bertz CT molecular complexity index is 797. The van der Waals surface area contributed by atoms with Gasteiger partial charge in [0.2, 0.25) is 0 Å². The monoisotopic (exact) mass is 354 g/mol. The van der Waals surface area contributed by atoms with Gasteiger partial charge >= 0.3 is 0 Å². The molecule has 1 aliphatic heterocycles. The highest BCUT2D eigenvalue weighted by atomic mass is 16.5. The number of anilines is 1. The smallest absolute Gasteiger partial charge is 0.255 e. The fourth-order valence-electron chi connectivity index (χ4n) is 3.74. The minimum atomic E-state index is 0.0116. The Kier molecular flexibility index (Phi) is 4.57. The van der Waals surface area contributed by atoms with Crippen LogP contribution in [0.2, 0.25) is 0 Å². The van der Waals surface area contributed by atoms with Crippen molar-refractivity contribution in [3.8, 4) is 5.75 Å². The number of rotatable bonds is 5. The van der Waals surface area contributed by atoms with E-state index in [1.54, 1.807) is 11.8 Å². The van der Waals surface area contributed by atoms with Crippen molar-refractivity contribution >= 4 is 11.6 Å². The van der Waals surface area contributed by atoms with E-state index in [-0.39, 0.29) is 11.9 Å². The molecule has 1 saturated heterocycles. The summed E-state index contributed by atoms with van der Waals surface area (Å²) in [6, 6.07) is 8.26. The second kappa shape index (κ2) is 7.02. The summed E-state index contributed by atoms with van der Waals surface area (Å²) in [5.41, 5.74) is 2.85. The molecule has 1 aromatic heterocycles. The molecule has 6 heteroatoms. The Morgan fingerprint density at radius 1 is 1.31 bits per heavy atom. The summed E-state index contributed by atoms with van der Waals surface area (Å²) in [6.07, 6.45) is 6.20. The molecule has 1 N–H and O–H groups in total. The molecule has 1 atom stereocenters. The highest BCUT2D eigenvalue weighted by Crippen LogP contribution is 2.40. The molecule has 2 fully saturated rings. The van der Waals surface area contributed by atoms with Crippen LogP contribution in [0.15, 0.2) is 30.5 Å². The number of nitrogens with zero attached hydrogens (tertiary/aromatic N) is 3. The minimum Gasteiger partial charge on any atom is -0.497 e. The summed E-state index contributed by atoms with van der Waals surface area (Å²) in [5, 5.41) is 7.73. The lowest BCUT2D eigenvalue weighted by Gasteiger charge is -2.35. The summed E-state index contributed by atoms with van der Waals surface area (Å²) in [7, 11) is 3.57. The van der Waals surface area contributed by atoms with Crippen LogP contribution in [0, 0.1) is 0 Å². The fourth-order valence-corrected chi connectivity index (χ4v) is 3.74. The molecular weight excluding hydrogens is 328 g/mol. The van der Waals surface area contributed by atoms with Gasteiger partial charge in [-0.2, -0.15) is 5.10 Å². The summed E-state index contributed by atoms with van der Waals surface area (Å²) < 4.78 is 7.09. The summed E-state index contributed by atoms with van der Waals surface area (Å²) >= 11 is 0. The number of aryl methyl sites for hydroxylation is 1. The number of hydrogen-bond acceptors (Lipinski definition) is 4. The number of carbonyl (C=O) groups is 1. The van der Waals surface area contributed by atoms with Gasteiger partial charge in [-0.3, -0.25) is 9.48 Å². The van der Waals surface area contributed by atoms with Gasteiger partial charge in [0.1, 0.15) is 5.75 Å². The summed E-state index contributed by atoms with van der Waals surface area (Å²) in [4.78, 5) is 15.1. The standard InChI is InChI=1S/C20H26N4O2/c1-23-13-18(19(22-23)14-8-9-14)20(25)21-15-5-4-10-24(12-15)16-6-3-7-17(11-16)26-2/h3,6-7,11,13-15H,4-5,8-10,12H2,1-2H3,(H,21,25). The van der Waals surface area contributed by atoms with Crippen LogP contribution in [0.25, 0.3) is 0 Å². The number of piperidine rings is 1. The predicted octanol–water partition coefficient (Wildman–Crippen LogP) is 2.70. The largest absolute Gasteiger partial charge is 0.497 e. The molecule has 26 heavy (non-hydrogen) atoms. The third kappa shape index (κ3) is 3.54. The Morgan fingerprint density at radius 2 is 2.15 bits per heavy atom. The lowest BCUT2D eigenvalue weighted by molar-refractivity contribution is 0.0932. The number of amides is 1. The second-order valence-electron chi connectivity index (χ2n) is 7.34. The van der Waals surface area contributed by atoms with E-state index in [1.165, 1.54) is 0 Å². The molecule has 0 radical (unpaired) electrons. The molecule has 1 unspecified atom stereocenters. The molecule has 6 nitrogen and oxygen atoms in total. The van der Waals surface area contributed by atoms with Crippen LogP contribution in [0.4, 0.5) is 5.69 Å². The maximum atomic E-state index is 12.8. The first-order chi connectivity index (χ1) is 12.6. The van der Waals surface area contributed by atoms with E-state index >= 15 is 0 Å². The zero-order valence-electron chi connectivity index (χ0n) is 15.4. The van der Waals surface area contributed by atoms with Gasteiger partial charge in [0.25, 0.3) is 5.91 Å². The van der Waals surface area contributed by atoms with Crippen molar-refractivity contribution in [3.63, 3.8) is 0 Å². The van der Waals surface area contributed by atoms with E-state index in [2.05, 4.69) is 27.4 Å². The average Bonchev–Trinajstić information content (AvgIpc) is 3.43. The number of methoxy groups -OCH3 is 1. The van der Waals surface area contributed by atoms with E-state index in [0.717, 1.165) is 61.5 Å². The zero-order valence-corrected chi connectivity index (χ0v) is 15.4. The number of aromatic nitrogens is 2. The average molecular weight is 354 g/mol. The maximum Gasteiger partial charge on any atom is 0.255 e. The highest BCUT2D eigenvalue weighted by Gasteiger charge is 2.32. The normalized spacial score (nSPS) is 20.1. The van der Waals surface area contributed by atoms with E-state index in [9.17, 15) is 4.79 Å². The van der Waals surface area contributed by atoms with Gasteiger partial charge in [0.05, 0.1) is 18.4 Å². The molecule has 2 aliphatic rings. The van der Waals surface area contributed by atoms with E-state index in [1.807, 2.05) is 25.4 Å². The van der Waals surface area contributed by atoms with Gasteiger partial charge in [-0.05, 0) is 37.8 Å². The third-order valence-electron chi connectivity index (χ3n) is 5.24. The van der Waals surface area contributed by atoms with Crippen LogP contribution < -0.4 is 15.0 Å². The van der Waals surface area contributed by atoms with Gasteiger partial charge in [0.15, 0.2) is 0 Å². The quantitative estimate of drug-likeness (QED) is 0.897. The lowest BCUT2D eigenvalue weighted by atomic mass is 10.0. The van der Waals surface area contributed by atoms with Crippen molar-refractivity contribution in [2.45, 2.75) is 37.6 Å². The molecule has 1 saturated carbocycles. The van der Waals surface area contributed by atoms with E-state index in [0.29, 0.717) is 5.92 Å². The number of nitrogens with one attached hydrogen (secondary N) is 1. The Morgan fingerprint density at radius 3 is 2.92 bits per heavy atom. The SMILES string of the molecule is COc1cccc(N2CCCC(NC(=O)c3cn(C)nc3C3CC3)C2)c1. The van der Waals surface area contributed by atoms with Crippen molar-refractivity contribution in [2.75, 3.05) is 25.1 Å². The zero-order chi connectivity index (χ0) is 18.1. The van der Waals surface area contributed by atoms with Crippen LogP contribution in [0.3, 0.4) is 0 Å². The first-order valence-corrected chi connectivity index (χ1v) is 9.37. The predicted molar refractivity (Wildman–Crippen MR) is 101 cm³/mol. The van der Waals surface area contributed by atoms with E-state index < -0.39 is 0 Å². The number of ether oxygens (including phenoxy) is 1. The van der Waals surface area contributed by atoms with Crippen LogP contribution in [0.5, 0.6) is 5.75 Å². The molecule has 4 rings (SSSR count). The first kappa shape index (κ1) is 16.9. The van der Waals surface area contributed by atoms with Crippen LogP contribution in [0.1, 0.15) is 47.7 Å². The molecule has 0 spiro atoms. The van der Waals surface area contributed by atoms with Crippen molar-refractivity contribution in [2.24, 2.45) is 7.05 Å². The topological polar surface area (TPSA) is 59.4 Å². The first-order valence-electron chi connectivity index (χ1n) is 9.37. The molecule has 2 heterocycles. The van der Waals surface area contributed by atoms with Crippen molar-refractivity contribution in [1.82, 2.24) is 15.1 Å². The van der Waals surface area contributed by atoms with Crippen molar-refractivity contribution < 1.29 is 9.53 Å².